The van der Waals surface area contributed by atoms with Crippen molar-refractivity contribution in [3.8, 4) is 0 Å². The lowest BCUT2D eigenvalue weighted by Crippen LogP contribution is -2.57. The number of hydrogen-bond donors (Lipinski definition) is 2. The molecule has 2 unspecified atom stereocenters. The fourth-order valence-corrected chi connectivity index (χ4v) is 3.70. The monoisotopic (exact) mass is 377 g/mol. The van der Waals surface area contributed by atoms with E-state index < -0.39 is 17.9 Å². The van der Waals surface area contributed by atoms with Crippen molar-refractivity contribution in [2.45, 2.75) is 24.3 Å². The van der Waals surface area contributed by atoms with Crippen LogP contribution in [0.1, 0.15) is 12.0 Å². The summed E-state index contributed by atoms with van der Waals surface area (Å²) < 4.78 is 43.9. The largest absolute Gasteiger partial charge is 0.419 e. The summed E-state index contributed by atoms with van der Waals surface area (Å²) in [5.41, 5.74) is -1.52. The molecule has 0 amide bonds. The number of alkyl halides is 3. The molecule has 0 aromatic heterocycles. The molecule has 2 aromatic rings. The smallest absolute Gasteiger partial charge is 0.364 e. The number of anilines is 2. The first kappa shape index (κ1) is 17.0. The van der Waals surface area contributed by atoms with E-state index in [0.717, 1.165) is 0 Å². The molecule has 4 rings (SSSR count). The molecule has 26 heavy (non-hydrogen) atoms. The van der Waals surface area contributed by atoms with E-state index in [2.05, 4.69) is 15.6 Å². The van der Waals surface area contributed by atoms with Crippen molar-refractivity contribution >= 4 is 29.2 Å². The van der Waals surface area contributed by atoms with Crippen LogP contribution in [0.15, 0.2) is 65.2 Å². The molecule has 0 radical (unpaired) electrons. The van der Waals surface area contributed by atoms with Gasteiger partial charge in [0.05, 0.1) is 0 Å². The van der Waals surface area contributed by atoms with Crippen LogP contribution in [0.2, 0.25) is 5.02 Å². The van der Waals surface area contributed by atoms with Crippen molar-refractivity contribution in [2.24, 2.45) is 4.99 Å². The SMILES string of the molecule is FC(F)(F)C1(Nc2ccccc2)C2=CCC=NC2Nc2ccc(Cl)cc21. The van der Waals surface area contributed by atoms with Gasteiger partial charge in [-0.05, 0) is 30.3 Å². The maximum Gasteiger partial charge on any atom is 0.419 e. The quantitative estimate of drug-likeness (QED) is 0.691. The van der Waals surface area contributed by atoms with Gasteiger partial charge in [0.2, 0.25) is 0 Å². The zero-order valence-corrected chi connectivity index (χ0v) is 14.3. The van der Waals surface area contributed by atoms with E-state index in [1.54, 1.807) is 54.8 Å². The van der Waals surface area contributed by atoms with Crippen LogP contribution in [-0.4, -0.2) is 18.6 Å². The Balaban J connectivity index is 2.00. The zero-order valence-electron chi connectivity index (χ0n) is 13.5. The predicted octanol–water partition coefficient (Wildman–Crippen LogP) is 5.36. The van der Waals surface area contributed by atoms with Crippen LogP contribution >= 0.6 is 11.6 Å². The number of fused-ring (bicyclic) bond motifs is 2. The molecular weight excluding hydrogens is 363 g/mol. The Hall–Kier alpha value is -2.47. The highest BCUT2D eigenvalue weighted by atomic mass is 35.5. The van der Waals surface area contributed by atoms with E-state index in [9.17, 15) is 13.2 Å². The molecule has 0 spiro atoms. The molecule has 2 N–H and O–H groups in total. The molecule has 2 aliphatic heterocycles. The molecule has 7 heteroatoms. The summed E-state index contributed by atoms with van der Waals surface area (Å²) in [6.07, 6.45) is -1.85. The van der Waals surface area contributed by atoms with Crippen LogP contribution in [0.3, 0.4) is 0 Å². The van der Waals surface area contributed by atoms with E-state index in [1.807, 2.05) is 0 Å². The number of halogens is 4. The Labute approximate surface area is 153 Å². The normalized spacial score (nSPS) is 24.2. The van der Waals surface area contributed by atoms with E-state index >= 15 is 0 Å². The summed E-state index contributed by atoms with van der Waals surface area (Å²) in [6, 6.07) is 12.9. The number of nitrogens with zero attached hydrogens (tertiary/aromatic N) is 1. The van der Waals surface area contributed by atoms with Crippen LogP contribution in [0, 0.1) is 0 Å². The Bertz CT molecular complexity index is 893. The zero-order chi connectivity index (χ0) is 18.4. The van der Waals surface area contributed by atoms with Crippen LogP contribution < -0.4 is 10.6 Å². The maximum absolute atomic E-state index is 14.6. The maximum atomic E-state index is 14.6. The Kier molecular flexibility index (Phi) is 3.95. The summed E-state index contributed by atoms with van der Waals surface area (Å²) in [4.78, 5) is 4.25. The summed E-state index contributed by atoms with van der Waals surface area (Å²) in [7, 11) is 0. The highest BCUT2D eigenvalue weighted by Gasteiger charge is 2.62. The number of allylic oxidation sites excluding steroid dienone is 1. The van der Waals surface area contributed by atoms with Gasteiger partial charge in [-0.1, -0.05) is 35.9 Å². The summed E-state index contributed by atoms with van der Waals surface area (Å²) in [5.74, 6) is 0. The standard InChI is InChI=1S/C19H15ClF3N3/c20-12-8-9-16-15(11-12)18(19(21,22)23,26-13-5-2-1-3-6-13)14-7-4-10-24-17(14)25-16/h1-3,5-11,17,25-26H,4H2. The summed E-state index contributed by atoms with van der Waals surface area (Å²) >= 11 is 6.06. The van der Waals surface area contributed by atoms with Crippen molar-refractivity contribution in [1.82, 2.24) is 0 Å². The van der Waals surface area contributed by atoms with E-state index in [0.29, 0.717) is 17.8 Å². The second-order valence-corrected chi connectivity index (χ2v) is 6.64. The average molecular weight is 378 g/mol. The summed E-state index contributed by atoms with van der Waals surface area (Å²) in [6.45, 7) is 0. The van der Waals surface area contributed by atoms with Gasteiger partial charge in [0.25, 0.3) is 0 Å². The van der Waals surface area contributed by atoms with Gasteiger partial charge < -0.3 is 10.6 Å². The first-order valence-corrected chi connectivity index (χ1v) is 8.48. The molecule has 2 aliphatic rings. The molecular formula is C19H15ClF3N3. The summed E-state index contributed by atoms with van der Waals surface area (Å²) in [5, 5.41) is 6.07. The molecule has 0 saturated carbocycles. The minimum Gasteiger partial charge on any atom is -0.364 e. The van der Waals surface area contributed by atoms with E-state index in [1.165, 1.54) is 6.07 Å². The van der Waals surface area contributed by atoms with Gasteiger partial charge in [-0.25, -0.2) is 0 Å². The lowest BCUT2D eigenvalue weighted by molar-refractivity contribution is -0.172. The van der Waals surface area contributed by atoms with Crippen molar-refractivity contribution in [1.29, 1.82) is 0 Å². The van der Waals surface area contributed by atoms with Gasteiger partial charge in [0, 0.05) is 40.2 Å². The van der Waals surface area contributed by atoms with Gasteiger partial charge >= 0.3 is 6.18 Å². The number of aliphatic imine (C=N–C) groups is 1. The number of benzene rings is 2. The average Bonchev–Trinajstić information content (AvgIpc) is 2.62. The number of hydrogen-bond acceptors (Lipinski definition) is 3. The fourth-order valence-electron chi connectivity index (χ4n) is 3.53. The lowest BCUT2D eigenvalue weighted by Gasteiger charge is -2.47. The van der Waals surface area contributed by atoms with Gasteiger partial charge in [-0.2, -0.15) is 13.2 Å². The Morgan fingerprint density at radius 2 is 1.92 bits per heavy atom. The third-order valence-corrected chi connectivity index (χ3v) is 4.87. The third-order valence-electron chi connectivity index (χ3n) is 4.63. The van der Waals surface area contributed by atoms with Crippen molar-refractivity contribution < 1.29 is 13.2 Å². The van der Waals surface area contributed by atoms with Crippen LogP contribution in [-0.2, 0) is 5.54 Å². The number of para-hydroxylation sites is 1. The lowest BCUT2D eigenvalue weighted by atomic mass is 9.75. The van der Waals surface area contributed by atoms with E-state index in [4.69, 9.17) is 11.6 Å². The van der Waals surface area contributed by atoms with Gasteiger partial charge in [0.15, 0.2) is 5.54 Å². The minimum atomic E-state index is -4.61. The first-order chi connectivity index (χ1) is 12.4. The van der Waals surface area contributed by atoms with Crippen LogP contribution in [0.4, 0.5) is 24.5 Å². The predicted molar refractivity (Wildman–Crippen MR) is 97.9 cm³/mol. The minimum absolute atomic E-state index is 0.0425. The van der Waals surface area contributed by atoms with Gasteiger partial charge in [0.1, 0.15) is 6.17 Å². The van der Waals surface area contributed by atoms with Crippen molar-refractivity contribution in [3.05, 3.63) is 70.8 Å². The topological polar surface area (TPSA) is 36.4 Å². The van der Waals surface area contributed by atoms with E-state index in [-0.39, 0.29) is 16.2 Å². The van der Waals surface area contributed by atoms with Crippen LogP contribution in [0.25, 0.3) is 0 Å². The number of rotatable bonds is 2. The van der Waals surface area contributed by atoms with Crippen molar-refractivity contribution in [3.63, 3.8) is 0 Å². The van der Waals surface area contributed by atoms with Gasteiger partial charge in [-0.15, -0.1) is 0 Å². The Morgan fingerprint density at radius 3 is 2.65 bits per heavy atom. The highest BCUT2D eigenvalue weighted by Crippen LogP contribution is 2.54. The molecule has 2 aromatic carbocycles. The first-order valence-electron chi connectivity index (χ1n) is 8.10. The molecule has 134 valence electrons. The second-order valence-electron chi connectivity index (χ2n) is 6.20. The molecule has 0 bridgehead atoms. The second kappa shape index (κ2) is 6.06. The molecule has 0 aliphatic carbocycles. The molecule has 2 heterocycles. The van der Waals surface area contributed by atoms with Crippen molar-refractivity contribution in [2.75, 3.05) is 10.6 Å². The molecule has 0 saturated heterocycles. The number of nitrogens with one attached hydrogen (secondary N) is 2. The van der Waals surface area contributed by atoms with Crippen LogP contribution in [0.5, 0.6) is 0 Å². The fraction of sp³-hybridized carbons (Fsp3) is 0.211. The van der Waals surface area contributed by atoms with Gasteiger partial charge in [-0.3, -0.25) is 4.99 Å². The third kappa shape index (κ3) is 2.56. The highest BCUT2D eigenvalue weighted by molar-refractivity contribution is 6.30. The molecule has 3 nitrogen and oxygen atoms in total. The number of dihydropyridines is 1. The molecule has 2 atom stereocenters. The Morgan fingerprint density at radius 1 is 1.15 bits per heavy atom. The molecule has 0 fully saturated rings.